The van der Waals surface area contributed by atoms with Gasteiger partial charge in [0.25, 0.3) is 0 Å². The average molecular weight is 280 g/mol. The van der Waals surface area contributed by atoms with Crippen molar-refractivity contribution in [1.82, 2.24) is 0 Å². The second-order valence-electron chi connectivity index (χ2n) is 3.73. The molecule has 0 atom stereocenters. The van der Waals surface area contributed by atoms with Gasteiger partial charge in [0.15, 0.2) is 10.9 Å². The first-order valence-corrected chi connectivity index (χ1v) is 6.10. The van der Waals surface area contributed by atoms with E-state index in [1.807, 2.05) is 0 Å². The van der Waals surface area contributed by atoms with Crippen molar-refractivity contribution in [2.45, 2.75) is 16.9 Å². The van der Waals surface area contributed by atoms with E-state index in [2.05, 4.69) is 0 Å². The molecule has 0 radical (unpaired) electrons. The highest BCUT2D eigenvalue weighted by atomic mass is 32.2. The minimum absolute atomic E-state index is 0.205. The van der Waals surface area contributed by atoms with Crippen molar-refractivity contribution in [2.24, 2.45) is 0 Å². The summed E-state index contributed by atoms with van der Waals surface area (Å²) in [7, 11) is 0. The highest BCUT2D eigenvalue weighted by Crippen LogP contribution is 2.31. The summed E-state index contributed by atoms with van der Waals surface area (Å²) in [6.07, 6.45) is 0. The minimum atomic E-state index is -1.18. The Morgan fingerprint density at radius 1 is 1.26 bits per heavy atom. The second kappa shape index (κ2) is 5.27. The van der Waals surface area contributed by atoms with Crippen molar-refractivity contribution in [3.63, 3.8) is 0 Å². The Labute approximate surface area is 112 Å². The number of halogens is 1. The second-order valence-corrected chi connectivity index (χ2v) is 4.77. The summed E-state index contributed by atoms with van der Waals surface area (Å²) in [6.45, 7) is 1.35. The van der Waals surface area contributed by atoms with Gasteiger partial charge in [-0.05, 0) is 43.0 Å². The molecule has 1 aromatic carbocycles. The maximum absolute atomic E-state index is 13.7. The van der Waals surface area contributed by atoms with Gasteiger partial charge in [-0.2, -0.15) is 0 Å². The van der Waals surface area contributed by atoms with Crippen molar-refractivity contribution < 1.29 is 23.5 Å². The van der Waals surface area contributed by atoms with Gasteiger partial charge in [-0.1, -0.05) is 6.07 Å². The topological polar surface area (TPSA) is 67.5 Å². The number of hydrogen-bond donors (Lipinski definition) is 1. The molecular formula is C13H9FO4S. The molecular weight excluding hydrogens is 271 g/mol. The number of carboxylic acids is 1. The summed E-state index contributed by atoms with van der Waals surface area (Å²) in [4.78, 5) is 22.0. The van der Waals surface area contributed by atoms with Gasteiger partial charge in [-0.15, -0.1) is 0 Å². The van der Waals surface area contributed by atoms with Gasteiger partial charge in [-0.3, -0.25) is 4.79 Å². The number of hydrogen-bond acceptors (Lipinski definition) is 4. The molecule has 4 nitrogen and oxygen atoms in total. The molecule has 0 unspecified atom stereocenters. The van der Waals surface area contributed by atoms with E-state index in [9.17, 15) is 14.0 Å². The maximum atomic E-state index is 13.7. The molecule has 0 saturated heterocycles. The predicted octanol–water partition coefficient (Wildman–Crippen LogP) is 3.47. The van der Waals surface area contributed by atoms with Crippen molar-refractivity contribution >= 4 is 23.5 Å². The number of aromatic carboxylic acids is 1. The van der Waals surface area contributed by atoms with E-state index < -0.39 is 11.8 Å². The summed E-state index contributed by atoms with van der Waals surface area (Å²) in [5.74, 6) is -2.16. The first kappa shape index (κ1) is 13.4. The van der Waals surface area contributed by atoms with Crippen LogP contribution in [0.25, 0.3) is 0 Å². The molecule has 1 aromatic heterocycles. The van der Waals surface area contributed by atoms with E-state index >= 15 is 0 Å². The summed E-state index contributed by atoms with van der Waals surface area (Å²) in [5.41, 5.74) is 0.285. The zero-order valence-electron chi connectivity index (χ0n) is 9.84. The molecule has 6 heteroatoms. The van der Waals surface area contributed by atoms with Crippen molar-refractivity contribution in [2.75, 3.05) is 0 Å². The lowest BCUT2D eigenvalue weighted by atomic mass is 10.1. The van der Waals surface area contributed by atoms with E-state index in [1.165, 1.54) is 31.2 Å². The van der Waals surface area contributed by atoms with Gasteiger partial charge >= 0.3 is 5.97 Å². The Balaban J connectivity index is 2.23. The Morgan fingerprint density at radius 3 is 2.53 bits per heavy atom. The number of Topliss-reactive ketones (excluding diaryl/α,β-unsaturated/α-hetero) is 1. The highest BCUT2D eigenvalue weighted by molar-refractivity contribution is 7.99. The van der Waals surface area contributed by atoms with Gasteiger partial charge in [0, 0.05) is 5.56 Å². The zero-order valence-corrected chi connectivity index (χ0v) is 10.7. The van der Waals surface area contributed by atoms with Crippen LogP contribution in [-0.2, 0) is 0 Å². The standard InChI is InChI=1S/C13H9FO4S/c1-7(15)8-2-4-11(9(14)6-8)19-12-5-3-10(18-12)13(16)17/h2-6H,1H3,(H,16,17). The lowest BCUT2D eigenvalue weighted by Gasteiger charge is -2.02. The summed E-state index contributed by atoms with van der Waals surface area (Å²) in [5, 5.41) is 8.97. The summed E-state index contributed by atoms with van der Waals surface area (Å²) < 4.78 is 18.7. The molecule has 2 aromatic rings. The van der Waals surface area contributed by atoms with Gasteiger partial charge in [0.2, 0.25) is 5.76 Å². The van der Waals surface area contributed by atoms with Crippen LogP contribution in [0.2, 0.25) is 0 Å². The van der Waals surface area contributed by atoms with Gasteiger partial charge < -0.3 is 9.52 Å². The molecule has 0 fully saturated rings. The SMILES string of the molecule is CC(=O)c1ccc(Sc2ccc(C(=O)O)o2)c(F)c1. The number of furan rings is 1. The molecule has 1 heterocycles. The van der Waals surface area contributed by atoms with Crippen LogP contribution in [0.4, 0.5) is 4.39 Å². The summed E-state index contributed by atoms with van der Waals surface area (Å²) in [6, 6.07) is 6.86. The maximum Gasteiger partial charge on any atom is 0.371 e. The van der Waals surface area contributed by atoms with E-state index in [0.717, 1.165) is 17.8 Å². The number of carbonyl (C=O) groups excluding carboxylic acids is 1. The van der Waals surface area contributed by atoms with Crippen LogP contribution in [0.15, 0.2) is 44.7 Å². The van der Waals surface area contributed by atoms with Crippen molar-refractivity contribution in [1.29, 1.82) is 0 Å². The van der Waals surface area contributed by atoms with Crippen LogP contribution in [0.1, 0.15) is 27.8 Å². The fourth-order valence-electron chi connectivity index (χ4n) is 1.40. The third-order valence-electron chi connectivity index (χ3n) is 2.34. The number of rotatable bonds is 4. The van der Waals surface area contributed by atoms with Crippen molar-refractivity contribution in [3.8, 4) is 0 Å². The highest BCUT2D eigenvalue weighted by Gasteiger charge is 2.13. The Bertz CT molecular complexity index is 648. The number of ketones is 1. The molecule has 0 aliphatic heterocycles. The molecule has 1 N–H and O–H groups in total. The monoisotopic (exact) mass is 280 g/mol. The normalized spacial score (nSPS) is 10.4. The average Bonchev–Trinajstić information content (AvgIpc) is 2.80. The van der Waals surface area contributed by atoms with Gasteiger partial charge in [0.1, 0.15) is 5.82 Å². The fraction of sp³-hybridized carbons (Fsp3) is 0.0769. The predicted molar refractivity (Wildman–Crippen MR) is 66.2 cm³/mol. The van der Waals surface area contributed by atoms with Crippen LogP contribution in [0.3, 0.4) is 0 Å². The molecule has 0 saturated carbocycles. The summed E-state index contributed by atoms with van der Waals surface area (Å²) >= 11 is 0.957. The van der Waals surface area contributed by atoms with Crippen LogP contribution < -0.4 is 0 Å². The Morgan fingerprint density at radius 2 is 2.00 bits per heavy atom. The number of carboxylic acid groups (broad SMARTS) is 1. The quantitative estimate of drug-likeness (QED) is 0.868. The third-order valence-corrected chi connectivity index (χ3v) is 3.31. The molecule has 0 aliphatic rings. The fourth-order valence-corrected chi connectivity index (χ4v) is 2.18. The van der Waals surface area contributed by atoms with Crippen molar-refractivity contribution in [3.05, 3.63) is 47.5 Å². The lowest BCUT2D eigenvalue weighted by molar-refractivity contribution is 0.0656. The first-order chi connectivity index (χ1) is 8.97. The molecule has 0 aliphatic carbocycles. The molecule has 0 spiro atoms. The Hall–Kier alpha value is -2.08. The third kappa shape index (κ3) is 3.03. The largest absolute Gasteiger partial charge is 0.475 e. The number of carbonyl (C=O) groups is 2. The minimum Gasteiger partial charge on any atom is -0.475 e. The zero-order chi connectivity index (χ0) is 14.0. The molecule has 0 amide bonds. The molecule has 19 heavy (non-hydrogen) atoms. The van der Waals surface area contributed by atoms with Gasteiger partial charge in [-0.25, -0.2) is 9.18 Å². The van der Waals surface area contributed by atoms with Gasteiger partial charge in [0.05, 0.1) is 4.90 Å². The van der Waals surface area contributed by atoms with E-state index in [1.54, 1.807) is 0 Å². The van der Waals surface area contributed by atoms with E-state index in [4.69, 9.17) is 9.52 Å². The molecule has 98 valence electrons. The van der Waals surface area contributed by atoms with Crippen LogP contribution in [0.5, 0.6) is 0 Å². The Kier molecular flexibility index (Phi) is 3.71. The van der Waals surface area contributed by atoms with Crippen LogP contribution in [-0.4, -0.2) is 16.9 Å². The van der Waals surface area contributed by atoms with E-state index in [0.29, 0.717) is 0 Å². The number of benzene rings is 1. The van der Waals surface area contributed by atoms with Crippen LogP contribution >= 0.6 is 11.8 Å². The van der Waals surface area contributed by atoms with E-state index in [-0.39, 0.29) is 27.1 Å². The lowest BCUT2D eigenvalue weighted by Crippen LogP contribution is -1.93. The molecule has 2 rings (SSSR count). The first-order valence-electron chi connectivity index (χ1n) is 5.29. The molecule has 0 bridgehead atoms. The smallest absolute Gasteiger partial charge is 0.371 e. The van der Waals surface area contributed by atoms with Crippen LogP contribution in [0, 0.1) is 5.82 Å².